The first-order valence-corrected chi connectivity index (χ1v) is 3.50. The van der Waals surface area contributed by atoms with Crippen molar-refractivity contribution in [3.63, 3.8) is 0 Å². The molecule has 0 bridgehead atoms. The zero-order chi connectivity index (χ0) is 7.72. The van der Waals surface area contributed by atoms with E-state index in [9.17, 15) is 9.18 Å². The third kappa shape index (κ3) is 1.13. The predicted molar refractivity (Wildman–Crippen MR) is 34.4 cm³/mol. The average Bonchev–Trinajstić information content (AvgIpc) is 2.11. The Labute approximate surface area is 59.0 Å². The summed E-state index contributed by atoms with van der Waals surface area (Å²) in [5.74, 6) is -1.73. The summed E-state index contributed by atoms with van der Waals surface area (Å²) in [4.78, 5) is 10.4. The van der Waals surface area contributed by atoms with Crippen LogP contribution in [0.5, 0.6) is 0 Å². The molecule has 58 valence electrons. The van der Waals surface area contributed by atoms with Gasteiger partial charge in [-0.2, -0.15) is 0 Å². The van der Waals surface area contributed by atoms with E-state index in [0.29, 0.717) is 12.8 Å². The van der Waals surface area contributed by atoms with E-state index in [1.54, 1.807) is 6.92 Å². The summed E-state index contributed by atoms with van der Waals surface area (Å²) >= 11 is 0. The molecule has 0 amide bonds. The van der Waals surface area contributed by atoms with E-state index in [2.05, 4.69) is 0 Å². The van der Waals surface area contributed by atoms with Crippen LogP contribution >= 0.6 is 0 Å². The molecule has 0 aromatic carbocycles. The molecule has 3 atom stereocenters. The first-order valence-electron chi connectivity index (χ1n) is 3.50. The minimum absolute atomic E-state index is 0.00694. The van der Waals surface area contributed by atoms with E-state index in [0.717, 1.165) is 0 Å². The molecule has 1 fully saturated rings. The van der Waals surface area contributed by atoms with Gasteiger partial charge in [-0.1, -0.05) is 6.92 Å². The summed E-state index contributed by atoms with van der Waals surface area (Å²) in [5, 5.41) is 8.51. The van der Waals surface area contributed by atoms with Crippen LogP contribution in [0.15, 0.2) is 0 Å². The summed E-state index contributed by atoms with van der Waals surface area (Å²) in [7, 11) is 0. The highest BCUT2D eigenvalue weighted by molar-refractivity contribution is 5.71. The molecule has 1 rings (SSSR count). The lowest BCUT2D eigenvalue weighted by molar-refractivity contribution is -0.144. The number of hydrogen-bond acceptors (Lipinski definition) is 1. The minimum Gasteiger partial charge on any atom is -0.481 e. The fraction of sp³-hybridized carbons (Fsp3) is 0.857. The fourth-order valence-corrected chi connectivity index (χ4v) is 1.54. The van der Waals surface area contributed by atoms with Gasteiger partial charge in [0.05, 0.1) is 5.92 Å². The summed E-state index contributed by atoms with van der Waals surface area (Å²) < 4.78 is 12.7. The molecule has 1 saturated carbocycles. The highest BCUT2D eigenvalue weighted by atomic mass is 19.1. The predicted octanol–water partition coefficient (Wildman–Crippen LogP) is 1.46. The molecule has 0 heterocycles. The molecule has 0 unspecified atom stereocenters. The Hall–Kier alpha value is -0.600. The van der Waals surface area contributed by atoms with Crippen molar-refractivity contribution in [2.75, 3.05) is 0 Å². The Morgan fingerprint density at radius 3 is 2.40 bits per heavy atom. The fourth-order valence-electron chi connectivity index (χ4n) is 1.54. The van der Waals surface area contributed by atoms with Crippen molar-refractivity contribution in [1.82, 2.24) is 0 Å². The molecular formula is C7H11FO2. The van der Waals surface area contributed by atoms with Crippen LogP contribution in [0.25, 0.3) is 0 Å². The van der Waals surface area contributed by atoms with Gasteiger partial charge in [-0.05, 0) is 18.8 Å². The van der Waals surface area contributed by atoms with Gasteiger partial charge in [0.1, 0.15) is 6.17 Å². The molecule has 0 aliphatic heterocycles. The van der Waals surface area contributed by atoms with Crippen LogP contribution in [0.1, 0.15) is 19.8 Å². The van der Waals surface area contributed by atoms with E-state index in [1.807, 2.05) is 0 Å². The number of carboxylic acid groups (broad SMARTS) is 1. The van der Waals surface area contributed by atoms with Crippen molar-refractivity contribution in [3.05, 3.63) is 0 Å². The molecule has 1 aliphatic carbocycles. The Balaban J connectivity index is 2.63. The van der Waals surface area contributed by atoms with Crippen molar-refractivity contribution in [1.29, 1.82) is 0 Å². The Morgan fingerprint density at radius 1 is 1.60 bits per heavy atom. The molecule has 0 aromatic heterocycles. The second-order valence-electron chi connectivity index (χ2n) is 2.93. The van der Waals surface area contributed by atoms with Gasteiger partial charge >= 0.3 is 5.97 Å². The summed E-state index contributed by atoms with van der Waals surface area (Å²) in [6.07, 6.45) is 0.00324. The summed E-state index contributed by atoms with van der Waals surface area (Å²) in [6, 6.07) is 0. The molecular weight excluding hydrogens is 135 g/mol. The van der Waals surface area contributed by atoms with Gasteiger partial charge in [0, 0.05) is 0 Å². The third-order valence-corrected chi connectivity index (χ3v) is 2.19. The Bertz CT molecular complexity index is 137. The Kier molecular flexibility index (Phi) is 1.92. The van der Waals surface area contributed by atoms with Gasteiger partial charge in [0.2, 0.25) is 0 Å². The second kappa shape index (κ2) is 2.56. The Morgan fingerprint density at radius 2 is 2.20 bits per heavy atom. The minimum atomic E-state index is -1.12. The van der Waals surface area contributed by atoms with Crippen molar-refractivity contribution in [3.8, 4) is 0 Å². The van der Waals surface area contributed by atoms with E-state index in [4.69, 9.17) is 5.11 Å². The molecule has 0 aromatic rings. The number of aliphatic carboxylic acids is 1. The molecule has 0 saturated heterocycles. The number of carboxylic acids is 1. The van der Waals surface area contributed by atoms with Gasteiger partial charge < -0.3 is 5.11 Å². The van der Waals surface area contributed by atoms with Crippen molar-refractivity contribution < 1.29 is 14.3 Å². The van der Waals surface area contributed by atoms with Crippen molar-refractivity contribution >= 4 is 5.97 Å². The van der Waals surface area contributed by atoms with E-state index < -0.39 is 18.1 Å². The molecule has 0 radical (unpaired) electrons. The van der Waals surface area contributed by atoms with Gasteiger partial charge in [0.15, 0.2) is 0 Å². The van der Waals surface area contributed by atoms with E-state index in [1.165, 1.54) is 0 Å². The maximum absolute atomic E-state index is 12.7. The van der Waals surface area contributed by atoms with Gasteiger partial charge in [-0.15, -0.1) is 0 Å². The number of alkyl halides is 1. The smallest absolute Gasteiger partial charge is 0.309 e. The van der Waals surface area contributed by atoms with Crippen molar-refractivity contribution in [2.45, 2.75) is 25.9 Å². The zero-order valence-corrected chi connectivity index (χ0v) is 5.88. The zero-order valence-electron chi connectivity index (χ0n) is 5.88. The molecule has 10 heavy (non-hydrogen) atoms. The summed E-state index contributed by atoms with van der Waals surface area (Å²) in [6.45, 7) is 1.79. The van der Waals surface area contributed by atoms with Crippen LogP contribution in [0.4, 0.5) is 4.39 Å². The monoisotopic (exact) mass is 146 g/mol. The van der Waals surface area contributed by atoms with E-state index in [-0.39, 0.29) is 5.92 Å². The standard InChI is InChI=1S/C7H11FO2/c1-4-2-3-5(8)6(4)7(9)10/h4-6H,2-3H2,1H3,(H,9,10)/t4-,5-,6+/m0/s1. The third-order valence-electron chi connectivity index (χ3n) is 2.19. The molecule has 0 spiro atoms. The first kappa shape index (κ1) is 7.51. The van der Waals surface area contributed by atoms with E-state index >= 15 is 0 Å². The SMILES string of the molecule is C[C@H]1CC[C@H](F)[C@@H]1C(=O)O. The van der Waals surface area contributed by atoms with Gasteiger partial charge in [0.25, 0.3) is 0 Å². The number of halogens is 1. The summed E-state index contributed by atoms with van der Waals surface area (Å²) in [5.41, 5.74) is 0. The van der Waals surface area contributed by atoms with Crippen LogP contribution in [0, 0.1) is 11.8 Å². The highest BCUT2D eigenvalue weighted by Gasteiger charge is 2.38. The maximum atomic E-state index is 12.7. The topological polar surface area (TPSA) is 37.3 Å². The quantitative estimate of drug-likeness (QED) is 0.608. The van der Waals surface area contributed by atoms with Crippen LogP contribution in [-0.4, -0.2) is 17.2 Å². The van der Waals surface area contributed by atoms with Crippen LogP contribution in [-0.2, 0) is 4.79 Å². The lowest BCUT2D eigenvalue weighted by atomic mass is 9.98. The van der Waals surface area contributed by atoms with Gasteiger partial charge in [-0.25, -0.2) is 4.39 Å². The lowest BCUT2D eigenvalue weighted by Crippen LogP contribution is -2.23. The maximum Gasteiger partial charge on any atom is 0.309 e. The number of carbonyl (C=O) groups is 1. The van der Waals surface area contributed by atoms with Crippen LogP contribution < -0.4 is 0 Å². The molecule has 2 nitrogen and oxygen atoms in total. The largest absolute Gasteiger partial charge is 0.481 e. The average molecular weight is 146 g/mol. The number of rotatable bonds is 1. The van der Waals surface area contributed by atoms with Gasteiger partial charge in [-0.3, -0.25) is 4.79 Å². The molecule has 1 N–H and O–H groups in total. The second-order valence-corrected chi connectivity index (χ2v) is 2.93. The van der Waals surface area contributed by atoms with Crippen LogP contribution in [0.2, 0.25) is 0 Å². The lowest BCUT2D eigenvalue weighted by Gasteiger charge is -2.10. The molecule has 1 aliphatic rings. The first-order chi connectivity index (χ1) is 4.63. The van der Waals surface area contributed by atoms with Crippen molar-refractivity contribution in [2.24, 2.45) is 11.8 Å². The van der Waals surface area contributed by atoms with Crippen LogP contribution in [0.3, 0.4) is 0 Å². The highest BCUT2D eigenvalue weighted by Crippen LogP contribution is 2.33. The molecule has 3 heteroatoms. The normalized spacial score (nSPS) is 40.0. The number of hydrogen-bond donors (Lipinski definition) is 1.